The fourth-order valence-electron chi connectivity index (χ4n) is 4.77. The highest BCUT2D eigenvalue weighted by Crippen LogP contribution is 2.59. The quantitative estimate of drug-likeness (QED) is 0.630. The summed E-state index contributed by atoms with van der Waals surface area (Å²) in [6.07, 6.45) is 5.18. The number of hydrogen-bond acceptors (Lipinski definition) is 4. The van der Waals surface area contributed by atoms with Gasteiger partial charge in [-0.05, 0) is 42.9 Å². The van der Waals surface area contributed by atoms with Gasteiger partial charge < -0.3 is 10.2 Å². The van der Waals surface area contributed by atoms with Crippen LogP contribution in [0.3, 0.4) is 0 Å². The first-order valence-corrected chi connectivity index (χ1v) is 11.2. The van der Waals surface area contributed by atoms with Gasteiger partial charge in [0.1, 0.15) is 5.69 Å². The number of rotatable bonds is 6. The lowest BCUT2D eigenvalue weighted by Gasteiger charge is -2.32. The predicted molar refractivity (Wildman–Crippen MR) is 121 cm³/mol. The van der Waals surface area contributed by atoms with E-state index in [2.05, 4.69) is 20.5 Å². The molecule has 3 aromatic rings. The van der Waals surface area contributed by atoms with Crippen molar-refractivity contribution in [3.8, 4) is 11.3 Å². The maximum absolute atomic E-state index is 12.9. The Bertz CT molecular complexity index is 1090. The minimum atomic E-state index is -0.0217. The number of H-pyrrole nitrogens is 1. The van der Waals surface area contributed by atoms with E-state index in [4.69, 9.17) is 0 Å². The van der Waals surface area contributed by atoms with Crippen molar-refractivity contribution in [3.63, 3.8) is 0 Å². The highest BCUT2D eigenvalue weighted by atomic mass is 16.2. The summed E-state index contributed by atoms with van der Waals surface area (Å²) in [5.74, 6) is 0.189. The second-order valence-corrected chi connectivity index (χ2v) is 8.81. The number of carbonyl (C=O) groups excluding carboxylic acids is 2. The van der Waals surface area contributed by atoms with Gasteiger partial charge in [-0.1, -0.05) is 36.4 Å². The molecule has 7 nitrogen and oxygen atoms in total. The summed E-state index contributed by atoms with van der Waals surface area (Å²) in [5.41, 5.74) is 3.32. The minimum absolute atomic E-state index is 0.0217. The second kappa shape index (κ2) is 8.57. The third kappa shape index (κ3) is 4.15. The first-order chi connectivity index (χ1) is 15.6. The third-order valence-corrected chi connectivity index (χ3v) is 6.84. The molecule has 3 heterocycles. The Morgan fingerprint density at radius 2 is 1.88 bits per heavy atom. The molecule has 1 saturated carbocycles. The SMILES string of the molecule is O=C(NCCc1ccccn1)C1CC12CCN(C(=O)c1cc(-c3ccccc3)n[nH]1)CC2. The molecule has 1 aliphatic heterocycles. The van der Waals surface area contributed by atoms with Gasteiger partial charge in [-0.2, -0.15) is 5.10 Å². The van der Waals surface area contributed by atoms with Crippen LogP contribution in [0.4, 0.5) is 0 Å². The number of aromatic amines is 1. The van der Waals surface area contributed by atoms with Crippen LogP contribution in [0.25, 0.3) is 11.3 Å². The average Bonchev–Trinajstić information content (AvgIpc) is 3.30. The number of carbonyl (C=O) groups is 2. The van der Waals surface area contributed by atoms with E-state index in [1.165, 1.54) is 0 Å². The van der Waals surface area contributed by atoms with Crippen LogP contribution < -0.4 is 5.32 Å². The molecule has 5 rings (SSSR count). The van der Waals surface area contributed by atoms with E-state index < -0.39 is 0 Å². The largest absolute Gasteiger partial charge is 0.355 e. The zero-order chi connectivity index (χ0) is 22.0. The van der Waals surface area contributed by atoms with E-state index in [0.29, 0.717) is 25.3 Å². The molecule has 2 aliphatic rings. The molecule has 2 aromatic heterocycles. The molecule has 2 fully saturated rings. The molecule has 1 saturated heterocycles. The molecule has 1 aromatic carbocycles. The Kier molecular flexibility index (Phi) is 5.47. The predicted octanol–water partition coefficient (Wildman–Crippen LogP) is 3.07. The summed E-state index contributed by atoms with van der Waals surface area (Å²) in [6.45, 7) is 1.96. The van der Waals surface area contributed by atoms with Crippen LogP contribution >= 0.6 is 0 Å². The van der Waals surface area contributed by atoms with E-state index in [1.54, 1.807) is 6.20 Å². The molecular weight excluding hydrogens is 402 g/mol. The highest BCUT2D eigenvalue weighted by Gasteiger charge is 2.58. The van der Waals surface area contributed by atoms with Crippen LogP contribution in [0.5, 0.6) is 0 Å². The van der Waals surface area contributed by atoms with E-state index in [1.807, 2.05) is 59.5 Å². The van der Waals surface area contributed by atoms with E-state index in [0.717, 1.165) is 42.6 Å². The normalized spacial score (nSPS) is 19.0. The lowest BCUT2D eigenvalue weighted by molar-refractivity contribution is -0.123. The molecule has 7 heteroatoms. The molecular formula is C25H27N5O2. The summed E-state index contributed by atoms with van der Waals surface area (Å²) in [4.78, 5) is 31.7. The molecule has 0 radical (unpaired) electrons. The number of pyridine rings is 1. The number of hydrogen-bond donors (Lipinski definition) is 2. The number of aromatic nitrogens is 3. The Balaban J connectivity index is 1.11. The molecule has 2 amide bonds. The monoisotopic (exact) mass is 429 g/mol. The maximum Gasteiger partial charge on any atom is 0.271 e. The van der Waals surface area contributed by atoms with Crippen molar-refractivity contribution in [1.82, 2.24) is 25.4 Å². The molecule has 164 valence electrons. The number of benzene rings is 1. The Morgan fingerprint density at radius 1 is 1.09 bits per heavy atom. The van der Waals surface area contributed by atoms with Crippen molar-refractivity contribution >= 4 is 11.8 Å². The molecule has 0 bridgehead atoms. The van der Waals surface area contributed by atoms with Gasteiger partial charge in [-0.15, -0.1) is 0 Å². The summed E-state index contributed by atoms with van der Waals surface area (Å²) >= 11 is 0. The van der Waals surface area contributed by atoms with Crippen molar-refractivity contribution in [2.24, 2.45) is 11.3 Å². The van der Waals surface area contributed by atoms with Crippen molar-refractivity contribution in [3.05, 3.63) is 72.2 Å². The smallest absolute Gasteiger partial charge is 0.271 e. The van der Waals surface area contributed by atoms with Gasteiger partial charge in [0.25, 0.3) is 5.91 Å². The number of nitrogens with one attached hydrogen (secondary N) is 2. The van der Waals surface area contributed by atoms with Gasteiger partial charge in [0.15, 0.2) is 0 Å². The Morgan fingerprint density at radius 3 is 2.62 bits per heavy atom. The summed E-state index contributed by atoms with van der Waals surface area (Å²) in [5, 5.41) is 10.3. The lowest BCUT2D eigenvalue weighted by atomic mass is 9.90. The van der Waals surface area contributed by atoms with Crippen LogP contribution in [-0.4, -0.2) is 51.5 Å². The number of nitrogens with zero attached hydrogens (tertiary/aromatic N) is 3. The van der Waals surface area contributed by atoms with E-state index in [9.17, 15) is 9.59 Å². The van der Waals surface area contributed by atoms with Gasteiger partial charge in [0.05, 0.1) is 5.69 Å². The first kappa shape index (κ1) is 20.4. The van der Waals surface area contributed by atoms with Crippen molar-refractivity contribution in [2.45, 2.75) is 25.7 Å². The van der Waals surface area contributed by atoms with Crippen LogP contribution in [0.2, 0.25) is 0 Å². The van der Waals surface area contributed by atoms with Gasteiger partial charge in [0, 0.05) is 49.4 Å². The standard InChI is InChI=1S/C25H27N5O2/c31-23(27-13-9-19-8-4-5-12-26-19)20-17-25(20)10-14-30(15-11-25)24(32)22-16-21(28-29-22)18-6-2-1-3-7-18/h1-8,12,16,20H,9-11,13-15,17H2,(H,27,31)(H,28,29). The topological polar surface area (TPSA) is 91.0 Å². The Labute approximate surface area is 187 Å². The first-order valence-electron chi connectivity index (χ1n) is 11.2. The van der Waals surface area contributed by atoms with E-state index in [-0.39, 0.29) is 23.1 Å². The van der Waals surface area contributed by atoms with Gasteiger partial charge in [-0.25, -0.2) is 0 Å². The Hall–Kier alpha value is -3.48. The van der Waals surface area contributed by atoms with Crippen LogP contribution in [0.1, 0.15) is 35.4 Å². The number of piperidine rings is 1. The van der Waals surface area contributed by atoms with Gasteiger partial charge >= 0.3 is 0 Å². The molecule has 1 spiro atoms. The highest BCUT2D eigenvalue weighted by molar-refractivity contribution is 5.93. The van der Waals surface area contributed by atoms with E-state index >= 15 is 0 Å². The van der Waals surface area contributed by atoms with Gasteiger partial charge in [0.2, 0.25) is 5.91 Å². The number of amides is 2. The summed E-state index contributed by atoms with van der Waals surface area (Å²) in [6, 6.07) is 17.5. The third-order valence-electron chi connectivity index (χ3n) is 6.84. The van der Waals surface area contributed by atoms with Crippen molar-refractivity contribution < 1.29 is 9.59 Å². The second-order valence-electron chi connectivity index (χ2n) is 8.81. The van der Waals surface area contributed by atoms with Crippen LogP contribution in [0, 0.1) is 11.3 Å². The molecule has 1 aliphatic carbocycles. The molecule has 1 unspecified atom stereocenters. The zero-order valence-electron chi connectivity index (χ0n) is 18.0. The lowest BCUT2D eigenvalue weighted by Crippen LogP contribution is -2.41. The van der Waals surface area contributed by atoms with Gasteiger partial charge in [-0.3, -0.25) is 19.7 Å². The fraction of sp³-hybridized carbons (Fsp3) is 0.360. The van der Waals surface area contributed by atoms with Crippen molar-refractivity contribution in [2.75, 3.05) is 19.6 Å². The minimum Gasteiger partial charge on any atom is -0.355 e. The zero-order valence-corrected chi connectivity index (χ0v) is 18.0. The van der Waals surface area contributed by atoms with Crippen LogP contribution in [-0.2, 0) is 11.2 Å². The van der Waals surface area contributed by atoms with Crippen LogP contribution in [0.15, 0.2) is 60.8 Å². The molecule has 1 atom stereocenters. The average molecular weight is 430 g/mol. The molecule has 32 heavy (non-hydrogen) atoms. The number of likely N-dealkylation sites (tertiary alicyclic amines) is 1. The fourth-order valence-corrected chi connectivity index (χ4v) is 4.77. The summed E-state index contributed by atoms with van der Waals surface area (Å²) < 4.78 is 0. The van der Waals surface area contributed by atoms with Crippen molar-refractivity contribution in [1.29, 1.82) is 0 Å². The molecule has 2 N–H and O–H groups in total. The summed E-state index contributed by atoms with van der Waals surface area (Å²) in [7, 11) is 0. The maximum atomic E-state index is 12.9.